The SMILES string of the molecule is CC(C)c1ccccc1.O=C1C=C(C=Cc2ccccc2)C(=O)O1. The lowest BCUT2D eigenvalue weighted by Gasteiger charge is -2.01. The summed E-state index contributed by atoms with van der Waals surface area (Å²) >= 11 is 0. The molecule has 3 rings (SSSR count). The van der Waals surface area contributed by atoms with Crippen LogP contribution in [0.4, 0.5) is 0 Å². The van der Waals surface area contributed by atoms with Gasteiger partial charge in [0.2, 0.25) is 0 Å². The van der Waals surface area contributed by atoms with Crippen LogP contribution in [0.5, 0.6) is 0 Å². The lowest BCUT2D eigenvalue weighted by molar-refractivity contribution is -0.150. The van der Waals surface area contributed by atoms with Gasteiger partial charge in [0.1, 0.15) is 0 Å². The average Bonchev–Trinajstić information content (AvgIpc) is 2.93. The summed E-state index contributed by atoms with van der Waals surface area (Å²) in [7, 11) is 0. The Morgan fingerprint density at radius 2 is 1.42 bits per heavy atom. The quantitative estimate of drug-likeness (QED) is 0.617. The summed E-state index contributed by atoms with van der Waals surface area (Å²) in [6.07, 6.45) is 4.51. The molecule has 0 radical (unpaired) electrons. The van der Waals surface area contributed by atoms with E-state index in [1.807, 2.05) is 36.4 Å². The number of esters is 2. The second-order valence-electron chi connectivity index (χ2n) is 5.62. The average molecular weight is 320 g/mol. The Bertz CT molecular complexity index is 741. The molecule has 1 aliphatic rings. The molecule has 122 valence electrons. The van der Waals surface area contributed by atoms with Crippen molar-refractivity contribution in [2.45, 2.75) is 19.8 Å². The number of benzene rings is 2. The van der Waals surface area contributed by atoms with Crippen LogP contribution in [-0.2, 0) is 14.3 Å². The maximum Gasteiger partial charge on any atom is 0.346 e. The summed E-state index contributed by atoms with van der Waals surface area (Å²) in [5.41, 5.74) is 2.66. The van der Waals surface area contributed by atoms with Gasteiger partial charge < -0.3 is 4.74 Å². The molecule has 0 atom stereocenters. The Hall–Kier alpha value is -2.94. The first kappa shape index (κ1) is 17.4. The third-order valence-corrected chi connectivity index (χ3v) is 3.42. The highest BCUT2D eigenvalue weighted by molar-refractivity contribution is 6.10. The van der Waals surface area contributed by atoms with Crippen LogP contribution in [0.1, 0.15) is 30.9 Å². The first-order chi connectivity index (χ1) is 11.6. The lowest BCUT2D eigenvalue weighted by Crippen LogP contribution is -2.00. The topological polar surface area (TPSA) is 43.4 Å². The third kappa shape index (κ3) is 5.36. The maximum absolute atomic E-state index is 11.0. The van der Waals surface area contributed by atoms with Gasteiger partial charge in [-0.2, -0.15) is 0 Å². The summed E-state index contributed by atoms with van der Waals surface area (Å²) in [6.45, 7) is 4.41. The van der Waals surface area contributed by atoms with Gasteiger partial charge in [-0.1, -0.05) is 80.6 Å². The zero-order valence-electron chi connectivity index (χ0n) is 13.8. The molecule has 3 heteroatoms. The van der Waals surface area contributed by atoms with Crippen molar-refractivity contribution in [3.8, 4) is 0 Å². The summed E-state index contributed by atoms with van der Waals surface area (Å²) in [4.78, 5) is 21.8. The molecule has 0 bridgehead atoms. The zero-order chi connectivity index (χ0) is 17.4. The molecular formula is C21H20O3. The van der Waals surface area contributed by atoms with Crippen molar-refractivity contribution in [3.05, 3.63) is 89.5 Å². The minimum absolute atomic E-state index is 0.281. The summed E-state index contributed by atoms with van der Waals surface area (Å²) in [5, 5.41) is 0. The number of rotatable bonds is 3. The molecule has 2 aromatic rings. The van der Waals surface area contributed by atoms with E-state index >= 15 is 0 Å². The first-order valence-electron chi connectivity index (χ1n) is 7.82. The van der Waals surface area contributed by atoms with E-state index in [0.717, 1.165) is 5.56 Å². The monoisotopic (exact) mass is 320 g/mol. The molecule has 2 aromatic carbocycles. The molecule has 1 aliphatic heterocycles. The molecule has 0 aromatic heterocycles. The predicted octanol–water partition coefficient (Wildman–Crippen LogP) is 4.52. The van der Waals surface area contributed by atoms with Gasteiger partial charge in [0, 0.05) is 6.08 Å². The number of hydrogen-bond donors (Lipinski definition) is 0. The van der Waals surface area contributed by atoms with Crippen LogP contribution in [0.3, 0.4) is 0 Å². The summed E-state index contributed by atoms with van der Waals surface area (Å²) < 4.78 is 4.34. The summed E-state index contributed by atoms with van der Waals surface area (Å²) in [6, 6.07) is 20.0. The number of carbonyl (C=O) groups excluding carboxylic acids is 2. The Kier molecular flexibility index (Phi) is 6.26. The van der Waals surface area contributed by atoms with E-state index in [0.29, 0.717) is 5.92 Å². The number of cyclic esters (lactones) is 2. The van der Waals surface area contributed by atoms with Crippen LogP contribution in [0.25, 0.3) is 6.08 Å². The van der Waals surface area contributed by atoms with Crippen molar-refractivity contribution in [1.29, 1.82) is 0 Å². The van der Waals surface area contributed by atoms with Crippen molar-refractivity contribution < 1.29 is 14.3 Å². The van der Waals surface area contributed by atoms with E-state index < -0.39 is 11.9 Å². The fraction of sp³-hybridized carbons (Fsp3) is 0.143. The van der Waals surface area contributed by atoms with Gasteiger partial charge in [-0.15, -0.1) is 0 Å². The fourth-order valence-corrected chi connectivity index (χ4v) is 2.07. The molecule has 24 heavy (non-hydrogen) atoms. The van der Waals surface area contributed by atoms with Crippen LogP contribution in [0.15, 0.2) is 78.4 Å². The molecule has 0 spiro atoms. The minimum atomic E-state index is -0.604. The molecule has 0 saturated heterocycles. The molecule has 3 nitrogen and oxygen atoms in total. The van der Waals surface area contributed by atoms with Crippen LogP contribution in [-0.4, -0.2) is 11.9 Å². The molecule has 0 saturated carbocycles. The van der Waals surface area contributed by atoms with Gasteiger partial charge in [-0.05, 0) is 23.1 Å². The Labute approximate surface area is 142 Å². The molecule has 0 aliphatic carbocycles. The maximum atomic E-state index is 11.0. The van der Waals surface area contributed by atoms with E-state index in [4.69, 9.17) is 0 Å². The van der Waals surface area contributed by atoms with E-state index in [2.05, 4.69) is 42.8 Å². The van der Waals surface area contributed by atoms with E-state index in [1.165, 1.54) is 11.6 Å². The van der Waals surface area contributed by atoms with Crippen molar-refractivity contribution in [2.75, 3.05) is 0 Å². The standard InChI is InChI=1S/C12H8O3.C9H12/c13-11-8-10(12(14)15-11)7-6-9-4-2-1-3-5-9;1-8(2)9-6-4-3-5-7-9/h1-8H;3-8H,1-2H3. The Balaban J connectivity index is 0.000000198. The normalized spacial score (nSPS) is 13.5. The number of carbonyl (C=O) groups is 2. The van der Waals surface area contributed by atoms with Gasteiger partial charge >= 0.3 is 11.9 Å². The fourth-order valence-electron chi connectivity index (χ4n) is 2.07. The van der Waals surface area contributed by atoms with Crippen molar-refractivity contribution in [1.82, 2.24) is 0 Å². The Morgan fingerprint density at radius 1 is 0.833 bits per heavy atom. The van der Waals surface area contributed by atoms with E-state index in [9.17, 15) is 9.59 Å². The second-order valence-corrected chi connectivity index (χ2v) is 5.62. The molecule has 0 N–H and O–H groups in total. The van der Waals surface area contributed by atoms with Crippen molar-refractivity contribution in [2.24, 2.45) is 0 Å². The summed E-state index contributed by atoms with van der Waals surface area (Å²) in [5.74, 6) is -0.536. The van der Waals surface area contributed by atoms with E-state index in [1.54, 1.807) is 12.2 Å². The lowest BCUT2D eigenvalue weighted by atomic mass is 10.0. The molecule has 1 heterocycles. The van der Waals surface area contributed by atoms with Gasteiger partial charge in [-0.3, -0.25) is 0 Å². The Morgan fingerprint density at radius 3 is 1.88 bits per heavy atom. The van der Waals surface area contributed by atoms with E-state index in [-0.39, 0.29) is 5.57 Å². The van der Waals surface area contributed by atoms with Gasteiger partial charge in [0.05, 0.1) is 5.57 Å². The minimum Gasteiger partial charge on any atom is -0.386 e. The molecule has 0 fully saturated rings. The number of hydrogen-bond acceptors (Lipinski definition) is 3. The predicted molar refractivity (Wildman–Crippen MR) is 95.2 cm³/mol. The highest BCUT2D eigenvalue weighted by atomic mass is 16.6. The van der Waals surface area contributed by atoms with Crippen LogP contribution >= 0.6 is 0 Å². The van der Waals surface area contributed by atoms with Gasteiger partial charge in [0.15, 0.2) is 0 Å². The first-order valence-corrected chi connectivity index (χ1v) is 7.82. The van der Waals surface area contributed by atoms with Gasteiger partial charge in [0.25, 0.3) is 0 Å². The smallest absolute Gasteiger partial charge is 0.346 e. The third-order valence-electron chi connectivity index (χ3n) is 3.42. The van der Waals surface area contributed by atoms with Gasteiger partial charge in [-0.25, -0.2) is 9.59 Å². The van der Waals surface area contributed by atoms with Crippen LogP contribution < -0.4 is 0 Å². The molecule has 0 amide bonds. The largest absolute Gasteiger partial charge is 0.386 e. The highest BCUT2D eigenvalue weighted by Crippen LogP contribution is 2.12. The molecular weight excluding hydrogens is 300 g/mol. The van der Waals surface area contributed by atoms with Crippen LogP contribution in [0, 0.1) is 0 Å². The van der Waals surface area contributed by atoms with Crippen molar-refractivity contribution >= 4 is 18.0 Å². The van der Waals surface area contributed by atoms with Crippen LogP contribution in [0.2, 0.25) is 0 Å². The molecule has 0 unspecified atom stereocenters. The highest BCUT2D eigenvalue weighted by Gasteiger charge is 2.20. The zero-order valence-corrected chi connectivity index (χ0v) is 13.8. The second kappa shape index (κ2) is 8.63. The number of ether oxygens (including phenoxy) is 1. The van der Waals surface area contributed by atoms with Crippen molar-refractivity contribution in [3.63, 3.8) is 0 Å².